The minimum atomic E-state index is -0.376. The highest BCUT2D eigenvalue weighted by atomic mass is 16.5. The van der Waals surface area contributed by atoms with E-state index in [0.717, 1.165) is 44.1 Å². The van der Waals surface area contributed by atoms with Crippen LogP contribution in [0.1, 0.15) is 141 Å². The molecule has 0 aliphatic rings. The molecule has 1 amide bonds. The molecule has 0 bridgehead atoms. The number of carbonyl (C=O) groups is 1. The SMILES string of the molecule is CCCCCCCCCCCCCC(=O)N(CCCCCC)C(C)c1nc2ccccc2c(=O)n1-c1cc(C)ccc1OC. The molecule has 2 aromatic carbocycles. The van der Waals surface area contributed by atoms with Crippen LogP contribution in [0.4, 0.5) is 0 Å². The van der Waals surface area contributed by atoms with Crippen molar-refractivity contribution in [3.05, 3.63) is 64.2 Å². The highest BCUT2D eigenvalue weighted by molar-refractivity contribution is 5.79. The van der Waals surface area contributed by atoms with Gasteiger partial charge in [0.05, 0.1) is 29.7 Å². The van der Waals surface area contributed by atoms with E-state index in [1.807, 2.05) is 61.2 Å². The number of benzene rings is 2. The highest BCUT2D eigenvalue weighted by Gasteiger charge is 2.27. The molecule has 0 fully saturated rings. The van der Waals surface area contributed by atoms with Crippen molar-refractivity contribution in [2.24, 2.45) is 0 Å². The normalized spacial score (nSPS) is 12.0. The van der Waals surface area contributed by atoms with Crippen LogP contribution in [0, 0.1) is 6.92 Å². The maximum Gasteiger partial charge on any atom is 0.266 e. The van der Waals surface area contributed by atoms with Gasteiger partial charge >= 0.3 is 0 Å². The minimum Gasteiger partial charge on any atom is -0.495 e. The second-order valence-electron chi connectivity index (χ2n) is 12.4. The fourth-order valence-corrected chi connectivity index (χ4v) is 6.10. The standard InChI is InChI=1S/C38H57N3O3/c1-6-8-10-12-13-14-15-16-17-18-19-25-36(42)40(28-22-11-9-7-2)31(4)37-39-33-24-21-20-23-32(33)38(43)41(37)34-29-30(3)26-27-35(34)44-5/h20-21,23-24,26-27,29,31H,6-19,22,25,28H2,1-5H3. The summed E-state index contributed by atoms with van der Waals surface area (Å²) in [6.07, 6.45) is 18.6. The molecule has 0 saturated carbocycles. The lowest BCUT2D eigenvalue weighted by Crippen LogP contribution is -2.38. The summed E-state index contributed by atoms with van der Waals surface area (Å²) < 4.78 is 7.38. The summed E-state index contributed by atoms with van der Waals surface area (Å²) in [5.41, 5.74) is 2.17. The van der Waals surface area contributed by atoms with Crippen LogP contribution in [-0.4, -0.2) is 34.0 Å². The van der Waals surface area contributed by atoms with Crippen molar-refractivity contribution in [3.63, 3.8) is 0 Å². The van der Waals surface area contributed by atoms with E-state index >= 15 is 0 Å². The van der Waals surface area contributed by atoms with Crippen molar-refractivity contribution in [1.82, 2.24) is 14.5 Å². The van der Waals surface area contributed by atoms with Gasteiger partial charge in [-0.2, -0.15) is 0 Å². The van der Waals surface area contributed by atoms with Crippen LogP contribution in [0.15, 0.2) is 47.3 Å². The molecule has 0 aliphatic heterocycles. The van der Waals surface area contributed by atoms with E-state index in [1.165, 1.54) is 57.8 Å². The van der Waals surface area contributed by atoms with E-state index in [2.05, 4.69) is 13.8 Å². The average molecular weight is 604 g/mol. The van der Waals surface area contributed by atoms with Crippen molar-refractivity contribution < 1.29 is 9.53 Å². The molecule has 0 aliphatic carbocycles. The first-order chi connectivity index (χ1) is 21.4. The quantitative estimate of drug-likeness (QED) is 0.114. The van der Waals surface area contributed by atoms with Gasteiger partial charge in [0.1, 0.15) is 11.6 Å². The van der Waals surface area contributed by atoms with Crippen LogP contribution >= 0.6 is 0 Å². The van der Waals surface area contributed by atoms with Gasteiger partial charge in [-0.05, 0) is 56.5 Å². The summed E-state index contributed by atoms with van der Waals surface area (Å²) in [5, 5.41) is 0.550. The Labute approximate surface area is 266 Å². The Hall–Kier alpha value is -3.15. The lowest BCUT2D eigenvalue weighted by atomic mass is 10.0. The van der Waals surface area contributed by atoms with Crippen molar-refractivity contribution in [2.75, 3.05) is 13.7 Å². The number of amides is 1. The third-order valence-electron chi connectivity index (χ3n) is 8.79. The molecule has 3 rings (SSSR count). The Morgan fingerprint density at radius 2 is 1.43 bits per heavy atom. The van der Waals surface area contributed by atoms with Crippen LogP contribution < -0.4 is 10.3 Å². The number of fused-ring (bicyclic) bond motifs is 1. The van der Waals surface area contributed by atoms with Crippen LogP contribution in [0.25, 0.3) is 16.6 Å². The van der Waals surface area contributed by atoms with Crippen molar-refractivity contribution in [1.29, 1.82) is 0 Å². The Bertz CT molecular complexity index is 1350. The van der Waals surface area contributed by atoms with Gasteiger partial charge in [-0.15, -0.1) is 0 Å². The Morgan fingerprint density at radius 3 is 2.07 bits per heavy atom. The summed E-state index contributed by atoms with van der Waals surface area (Å²) in [6, 6.07) is 12.9. The number of hydrogen-bond acceptors (Lipinski definition) is 4. The molecule has 0 N–H and O–H groups in total. The molecule has 6 nitrogen and oxygen atoms in total. The molecule has 1 heterocycles. The summed E-state index contributed by atoms with van der Waals surface area (Å²) in [4.78, 5) is 34.9. The first-order valence-corrected chi connectivity index (χ1v) is 17.4. The van der Waals surface area contributed by atoms with Gasteiger partial charge in [0, 0.05) is 13.0 Å². The molecular formula is C38H57N3O3. The molecule has 44 heavy (non-hydrogen) atoms. The second kappa shape index (κ2) is 19.3. The van der Waals surface area contributed by atoms with Crippen molar-refractivity contribution >= 4 is 16.8 Å². The Morgan fingerprint density at radius 1 is 0.841 bits per heavy atom. The summed E-state index contributed by atoms with van der Waals surface area (Å²) >= 11 is 0. The second-order valence-corrected chi connectivity index (χ2v) is 12.4. The number of hydrogen-bond donors (Lipinski definition) is 0. The van der Waals surface area contributed by atoms with E-state index in [0.29, 0.717) is 41.1 Å². The zero-order valence-corrected chi connectivity index (χ0v) is 28.2. The van der Waals surface area contributed by atoms with Gasteiger partial charge < -0.3 is 9.64 Å². The first-order valence-electron chi connectivity index (χ1n) is 17.4. The molecule has 1 unspecified atom stereocenters. The third kappa shape index (κ3) is 10.2. The predicted octanol–water partition coefficient (Wildman–Crippen LogP) is 9.87. The van der Waals surface area contributed by atoms with Crippen molar-refractivity contribution in [3.8, 4) is 11.4 Å². The summed E-state index contributed by atoms with van der Waals surface area (Å²) in [5.74, 6) is 1.32. The van der Waals surface area contributed by atoms with Gasteiger partial charge in [0.25, 0.3) is 5.56 Å². The molecule has 242 valence electrons. The smallest absolute Gasteiger partial charge is 0.266 e. The maximum absolute atomic E-state index is 14.1. The third-order valence-corrected chi connectivity index (χ3v) is 8.79. The number of aromatic nitrogens is 2. The average Bonchev–Trinajstić information content (AvgIpc) is 3.03. The predicted molar refractivity (Wildman–Crippen MR) is 184 cm³/mol. The van der Waals surface area contributed by atoms with E-state index in [9.17, 15) is 9.59 Å². The number of rotatable bonds is 21. The number of methoxy groups -OCH3 is 1. The highest BCUT2D eigenvalue weighted by Crippen LogP contribution is 2.29. The molecule has 1 atom stereocenters. The molecule has 3 aromatic rings. The van der Waals surface area contributed by atoms with Gasteiger partial charge in [0.2, 0.25) is 5.91 Å². The zero-order chi connectivity index (χ0) is 31.7. The van der Waals surface area contributed by atoms with Crippen LogP contribution in [-0.2, 0) is 4.79 Å². The van der Waals surface area contributed by atoms with Crippen LogP contribution in [0.5, 0.6) is 5.75 Å². The lowest BCUT2D eigenvalue weighted by Gasteiger charge is -2.31. The van der Waals surface area contributed by atoms with Gasteiger partial charge in [0.15, 0.2) is 0 Å². The minimum absolute atomic E-state index is 0.148. The van der Waals surface area contributed by atoms with Crippen LogP contribution in [0.3, 0.4) is 0 Å². The maximum atomic E-state index is 14.1. The summed E-state index contributed by atoms with van der Waals surface area (Å²) in [6.45, 7) is 9.14. The zero-order valence-electron chi connectivity index (χ0n) is 28.2. The number of carbonyl (C=O) groups excluding carboxylic acids is 1. The molecule has 0 radical (unpaired) electrons. The molecule has 1 aromatic heterocycles. The number of para-hydroxylation sites is 1. The van der Waals surface area contributed by atoms with E-state index in [1.54, 1.807) is 11.7 Å². The van der Waals surface area contributed by atoms with E-state index < -0.39 is 0 Å². The monoisotopic (exact) mass is 603 g/mol. The van der Waals surface area contributed by atoms with Gasteiger partial charge in [-0.25, -0.2) is 4.98 Å². The fraction of sp³-hybridized carbons (Fsp3) is 0.605. The van der Waals surface area contributed by atoms with Gasteiger partial charge in [-0.1, -0.05) is 116 Å². The van der Waals surface area contributed by atoms with Crippen molar-refractivity contribution in [2.45, 2.75) is 136 Å². The molecular weight excluding hydrogens is 546 g/mol. The molecule has 0 spiro atoms. The molecule has 0 saturated heterocycles. The largest absolute Gasteiger partial charge is 0.495 e. The first kappa shape index (κ1) is 35.3. The number of nitrogens with zero attached hydrogens (tertiary/aromatic N) is 3. The molecule has 6 heteroatoms. The number of ether oxygens (including phenoxy) is 1. The van der Waals surface area contributed by atoms with Gasteiger partial charge in [-0.3, -0.25) is 14.2 Å². The Kier molecular flexibility index (Phi) is 15.5. The van der Waals surface area contributed by atoms with Crippen LogP contribution in [0.2, 0.25) is 0 Å². The topological polar surface area (TPSA) is 64.4 Å². The lowest BCUT2D eigenvalue weighted by molar-refractivity contribution is -0.133. The number of aryl methyl sites for hydroxylation is 1. The fourth-order valence-electron chi connectivity index (χ4n) is 6.10. The van der Waals surface area contributed by atoms with E-state index in [4.69, 9.17) is 9.72 Å². The Balaban J connectivity index is 1.80. The summed E-state index contributed by atoms with van der Waals surface area (Å²) in [7, 11) is 1.62. The van der Waals surface area contributed by atoms with E-state index in [-0.39, 0.29) is 17.5 Å². The number of unbranched alkanes of at least 4 members (excludes halogenated alkanes) is 13.